The minimum Gasteiger partial charge on any atom is -0.382 e. The number of nitrogen functional groups attached to an aromatic ring is 1. The van der Waals surface area contributed by atoms with Gasteiger partial charge in [0.1, 0.15) is 22.9 Å². The van der Waals surface area contributed by atoms with Gasteiger partial charge in [0.15, 0.2) is 5.78 Å². The molecule has 44 heavy (non-hydrogen) atoms. The molecule has 3 aliphatic rings. The van der Waals surface area contributed by atoms with E-state index in [0.717, 1.165) is 85.6 Å². The number of imidazole rings is 1. The van der Waals surface area contributed by atoms with Crippen LogP contribution < -0.4 is 11.1 Å². The number of aromatic nitrogens is 4. The second-order valence-corrected chi connectivity index (χ2v) is 13.0. The predicted molar refractivity (Wildman–Crippen MR) is 170 cm³/mol. The first kappa shape index (κ1) is 28.4. The Kier molecular flexibility index (Phi) is 7.28. The Hall–Kier alpha value is -4.37. The van der Waals surface area contributed by atoms with E-state index in [1.54, 1.807) is 18.5 Å². The molecule has 2 saturated carbocycles. The highest BCUT2D eigenvalue weighted by atomic mass is 16.1. The van der Waals surface area contributed by atoms with E-state index in [-0.39, 0.29) is 29.1 Å². The lowest BCUT2D eigenvalue weighted by molar-refractivity contribution is -0.118. The highest BCUT2D eigenvalue weighted by Gasteiger charge is 2.57. The Labute approximate surface area is 257 Å². The van der Waals surface area contributed by atoms with Gasteiger partial charge in [0.25, 0.3) is 0 Å². The van der Waals surface area contributed by atoms with Crippen LogP contribution in [0.25, 0.3) is 16.8 Å². The molecule has 7 rings (SSSR count). The predicted octanol–water partition coefficient (Wildman–Crippen LogP) is 4.83. The molecule has 1 aliphatic heterocycles. The van der Waals surface area contributed by atoms with Crippen LogP contribution >= 0.6 is 0 Å². The Morgan fingerprint density at radius 1 is 1.02 bits per heavy atom. The number of carbonyl (C=O) groups excluding carboxylic acids is 2. The van der Waals surface area contributed by atoms with E-state index in [9.17, 15) is 9.59 Å². The van der Waals surface area contributed by atoms with E-state index >= 15 is 0 Å². The summed E-state index contributed by atoms with van der Waals surface area (Å²) >= 11 is 0. The zero-order valence-corrected chi connectivity index (χ0v) is 25.3. The first-order valence-electron chi connectivity index (χ1n) is 15.7. The highest BCUT2D eigenvalue weighted by molar-refractivity contribution is 5.98. The van der Waals surface area contributed by atoms with Crippen molar-refractivity contribution in [3.63, 3.8) is 0 Å². The molecule has 9 nitrogen and oxygen atoms in total. The van der Waals surface area contributed by atoms with Gasteiger partial charge in [-0.2, -0.15) is 0 Å². The minimum absolute atomic E-state index is 0.00294. The Balaban J connectivity index is 1.12. The molecule has 0 unspecified atom stereocenters. The topological polar surface area (TPSA) is 119 Å². The van der Waals surface area contributed by atoms with Crippen molar-refractivity contribution in [1.82, 2.24) is 29.6 Å². The lowest BCUT2D eigenvalue weighted by Gasteiger charge is -2.28. The zero-order chi connectivity index (χ0) is 30.3. The number of benzene rings is 1. The molecular formula is C35H39N7O2. The average molecular weight is 590 g/mol. The molecule has 2 aliphatic carbocycles. The van der Waals surface area contributed by atoms with Crippen molar-refractivity contribution in [3.8, 4) is 11.3 Å². The van der Waals surface area contributed by atoms with Gasteiger partial charge in [-0.3, -0.25) is 23.9 Å². The number of nitrogens with one attached hydrogen (secondary N) is 1. The van der Waals surface area contributed by atoms with Gasteiger partial charge < -0.3 is 11.1 Å². The number of anilines is 1. The Morgan fingerprint density at radius 3 is 2.55 bits per heavy atom. The number of fused-ring (bicyclic) bond motifs is 3. The van der Waals surface area contributed by atoms with E-state index in [0.29, 0.717) is 11.4 Å². The quantitative estimate of drug-likeness (QED) is 0.212. The molecule has 4 aromatic rings. The van der Waals surface area contributed by atoms with E-state index in [1.807, 2.05) is 55.6 Å². The van der Waals surface area contributed by atoms with Crippen LogP contribution in [0.15, 0.2) is 67.1 Å². The summed E-state index contributed by atoms with van der Waals surface area (Å²) in [6.07, 6.45) is 16.5. The van der Waals surface area contributed by atoms with E-state index in [2.05, 4.69) is 24.6 Å². The maximum absolute atomic E-state index is 13.0. The molecule has 3 aromatic heterocycles. The summed E-state index contributed by atoms with van der Waals surface area (Å²) in [6, 6.07) is 11.5. The normalized spacial score (nSPS) is 23.2. The van der Waals surface area contributed by atoms with Crippen LogP contribution in [0.2, 0.25) is 0 Å². The van der Waals surface area contributed by atoms with Crippen LogP contribution in [-0.4, -0.2) is 61.1 Å². The van der Waals surface area contributed by atoms with Crippen LogP contribution in [0, 0.1) is 6.92 Å². The van der Waals surface area contributed by atoms with Gasteiger partial charge in [-0.15, -0.1) is 0 Å². The number of nitrogens with two attached hydrogens (primary N) is 1. The van der Waals surface area contributed by atoms with Crippen molar-refractivity contribution < 1.29 is 9.59 Å². The third-order valence-electron chi connectivity index (χ3n) is 9.91. The monoisotopic (exact) mass is 589 g/mol. The van der Waals surface area contributed by atoms with Gasteiger partial charge in [0, 0.05) is 59.0 Å². The van der Waals surface area contributed by atoms with E-state index in [4.69, 9.17) is 10.7 Å². The van der Waals surface area contributed by atoms with Gasteiger partial charge in [0.2, 0.25) is 5.91 Å². The second-order valence-electron chi connectivity index (χ2n) is 13.0. The summed E-state index contributed by atoms with van der Waals surface area (Å²) < 4.78 is 2.10. The van der Waals surface area contributed by atoms with Crippen molar-refractivity contribution in [1.29, 1.82) is 0 Å². The number of hydrogen-bond donors (Lipinski definition) is 2. The molecule has 0 radical (unpaired) electrons. The molecule has 1 amide bonds. The van der Waals surface area contributed by atoms with E-state index in [1.165, 1.54) is 12.8 Å². The fourth-order valence-corrected chi connectivity index (χ4v) is 7.67. The minimum atomic E-state index is -0.214. The summed E-state index contributed by atoms with van der Waals surface area (Å²) in [4.78, 5) is 42.3. The highest BCUT2D eigenvalue weighted by Crippen LogP contribution is 2.57. The second kappa shape index (κ2) is 11.3. The fraction of sp³-hybridized carbons (Fsp3) is 0.400. The maximum Gasteiger partial charge on any atom is 0.244 e. The fourth-order valence-electron chi connectivity index (χ4n) is 7.67. The van der Waals surface area contributed by atoms with Crippen LogP contribution in [0.3, 0.4) is 0 Å². The number of nitrogens with zero attached hydrogens (tertiary/aromatic N) is 5. The molecule has 3 N–H and O–H groups in total. The number of likely N-dealkylation sites (tertiary alicyclic amines) is 1. The number of hydrogen-bond acceptors (Lipinski definition) is 7. The Morgan fingerprint density at radius 2 is 1.80 bits per heavy atom. The standard InChI is InChI=1S/C35H39N7O2/c1-24-10-15-37-27(21-24)22-28(43)25-6-8-26(9-7-25)30-31-32(36)38-16-20-42(31)33(39-30)34-11-13-35(23-34,14-12-34)40-29(44)5-4-19-41-17-2-3-18-41/h4-10,15-16,20-21H,2-3,11-14,17-19,22-23H2,1H3,(H2,36,38)(H,40,44)/b5-4+. The molecule has 9 heteroatoms. The maximum atomic E-state index is 13.0. The van der Waals surface area contributed by atoms with Crippen LogP contribution in [0.4, 0.5) is 5.82 Å². The smallest absolute Gasteiger partial charge is 0.244 e. The lowest BCUT2D eigenvalue weighted by atomic mass is 9.83. The number of rotatable bonds is 9. The van der Waals surface area contributed by atoms with Crippen molar-refractivity contribution in [2.75, 3.05) is 25.4 Å². The molecule has 1 aromatic carbocycles. The SMILES string of the molecule is Cc1ccnc(CC(=O)c2ccc(-c3nc(C45CCC(NC(=O)/C=C/CN6CCCC6)(CC4)C5)n4ccnc(N)c34)cc2)c1. The third-order valence-corrected chi connectivity index (χ3v) is 9.91. The molecule has 226 valence electrons. The summed E-state index contributed by atoms with van der Waals surface area (Å²) in [5.74, 6) is 1.41. The van der Waals surface area contributed by atoms with Crippen molar-refractivity contribution in [2.45, 2.75) is 69.2 Å². The summed E-state index contributed by atoms with van der Waals surface area (Å²) in [7, 11) is 0. The summed E-state index contributed by atoms with van der Waals surface area (Å²) in [5, 5.41) is 3.38. The largest absolute Gasteiger partial charge is 0.382 e. The summed E-state index contributed by atoms with van der Waals surface area (Å²) in [5.41, 5.74) is 11.0. The van der Waals surface area contributed by atoms with Crippen LogP contribution in [-0.2, 0) is 16.6 Å². The molecule has 3 fully saturated rings. The third kappa shape index (κ3) is 5.30. The number of carbonyl (C=O) groups is 2. The van der Waals surface area contributed by atoms with Crippen molar-refractivity contribution in [3.05, 3.63) is 89.8 Å². The van der Waals surface area contributed by atoms with Crippen molar-refractivity contribution >= 4 is 23.0 Å². The number of aryl methyl sites for hydroxylation is 1. The van der Waals surface area contributed by atoms with Gasteiger partial charge in [-0.05, 0) is 82.7 Å². The number of amides is 1. The van der Waals surface area contributed by atoms with Gasteiger partial charge >= 0.3 is 0 Å². The summed E-state index contributed by atoms with van der Waals surface area (Å²) in [6.45, 7) is 5.07. The number of pyridine rings is 1. The lowest BCUT2D eigenvalue weighted by Crippen LogP contribution is -2.44. The number of ketones is 1. The molecule has 0 atom stereocenters. The molecule has 1 saturated heterocycles. The average Bonchev–Trinajstić information content (AvgIpc) is 3.81. The van der Waals surface area contributed by atoms with Crippen LogP contribution in [0.5, 0.6) is 0 Å². The first-order chi connectivity index (χ1) is 21.3. The van der Waals surface area contributed by atoms with Gasteiger partial charge in [-0.25, -0.2) is 9.97 Å². The van der Waals surface area contributed by atoms with Gasteiger partial charge in [0.05, 0.1) is 6.42 Å². The molecule has 4 heterocycles. The number of Topliss-reactive ketones (excluding diaryl/α,β-unsaturated/α-hetero) is 1. The Bertz CT molecular complexity index is 1740. The van der Waals surface area contributed by atoms with Gasteiger partial charge in [-0.1, -0.05) is 30.3 Å². The molecular weight excluding hydrogens is 550 g/mol. The van der Waals surface area contributed by atoms with E-state index < -0.39 is 0 Å². The zero-order valence-electron chi connectivity index (χ0n) is 25.3. The van der Waals surface area contributed by atoms with Crippen LogP contribution in [0.1, 0.15) is 72.4 Å². The molecule has 2 bridgehead atoms. The molecule has 0 spiro atoms. The first-order valence-corrected chi connectivity index (χ1v) is 15.7. The van der Waals surface area contributed by atoms with Crippen molar-refractivity contribution in [2.24, 2.45) is 0 Å².